The lowest BCUT2D eigenvalue weighted by Gasteiger charge is -2.29. The summed E-state index contributed by atoms with van der Waals surface area (Å²) in [5.74, 6) is -0.933. The minimum Gasteiger partial charge on any atom is -0.480 e. The number of carboxylic acid groups (broad SMARTS) is 1. The Hall–Kier alpha value is -0.690. The standard InChI is InChI=1S/C21H46NO.C6H14N2O2/c1-5-6-7-8-9-10-11-12-13-14-15-16-17-18-19-20-21(23)22(2,3)4;7-4-2-1-3-5(8)6(9)10/h21,23H,5-20H2,1-4H3;5H,1-4,7-8H2,(H,9,10)/q+1;. The molecule has 0 heterocycles. The summed E-state index contributed by atoms with van der Waals surface area (Å²) in [4.78, 5) is 10.1. The van der Waals surface area contributed by atoms with E-state index in [-0.39, 0.29) is 6.23 Å². The number of quaternary nitrogens is 1. The molecule has 200 valence electrons. The van der Waals surface area contributed by atoms with E-state index in [1.54, 1.807) is 0 Å². The number of hydrogen-bond donors (Lipinski definition) is 4. The Bertz CT molecular complexity index is 414. The molecule has 0 saturated heterocycles. The van der Waals surface area contributed by atoms with Crippen LogP contribution in [0, 0.1) is 0 Å². The van der Waals surface area contributed by atoms with Crippen molar-refractivity contribution < 1.29 is 19.5 Å². The van der Waals surface area contributed by atoms with Gasteiger partial charge in [-0.1, -0.05) is 103 Å². The summed E-state index contributed by atoms with van der Waals surface area (Å²) >= 11 is 0. The van der Waals surface area contributed by atoms with Crippen LogP contribution in [0.1, 0.15) is 129 Å². The summed E-state index contributed by atoms with van der Waals surface area (Å²) < 4.78 is 0.665. The molecular weight excluding hydrogens is 414 g/mol. The van der Waals surface area contributed by atoms with E-state index in [4.69, 9.17) is 16.6 Å². The molecular formula is C27H60N3O3+. The Morgan fingerprint density at radius 3 is 1.39 bits per heavy atom. The predicted molar refractivity (Wildman–Crippen MR) is 142 cm³/mol. The Balaban J connectivity index is 0. The molecule has 0 saturated carbocycles. The summed E-state index contributed by atoms with van der Waals surface area (Å²) in [6.45, 7) is 2.89. The van der Waals surface area contributed by atoms with Crippen molar-refractivity contribution in [3.63, 3.8) is 0 Å². The van der Waals surface area contributed by atoms with Gasteiger partial charge in [-0.3, -0.25) is 4.79 Å². The molecule has 0 rings (SSSR count). The number of unbranched alkanes of at least 4 members (excludes halogenated alkanes) is 15. The number of aliphatic hydroxyl groups is 1. The van der Waals surface area contributed by atoms with Gasteiger partial charge in [0.05, 0.1) is 21.1 Å². The zero-order valence-electron chi connectivity index (χ0n) is 22.7. The molecule has 0 amide bonds. The average Bonchev–Trinajstić information content (AvgIpc) is 2.76. The van der Waals surface area contributed by atoms with Crippen LogP contribution < -0.4 is 11.5 Å². The molecule has 0 fully saturated rings. The summed E-state index contributed by atoms with van der Waals surface area (Å²) in [7, 11) is 6.20. The van der Waals surface area contributed by atoms with Crippen molar-refractivity contribution in [2.24, 2.45) is 11.5 Å². The molecule has 0 bridgehead atoms. The molecule has 0 radical (unpaired) electrons. The maximum Gasteiger partial charge on any atom is 0.320 e. The van der Waals surface area contributed by atoms with Crippen LogP contribution in [0.15, 0.2) is 0 Å². The number of aliphatic carboxylic acids is 1. The van der Waals surface area contributed by atoms with Gasteiger partial charge in [0.25, 0.3) is 0 Å². The molecule has 0 aromatic carbocycles. The molecule has 2 unspecified atom stereocenters. The highest BCUT2D eigenvalue weighted by Gasteiger charge is 2.19. The largest absolute Gasteiger partial charge is 0.480 e. The Morgan fingerprint density at radius 1 is 0.697 bits per heavy atom. The van der Waals surface area contributed by atoms with Gasteiger partial charge >= 0.3 is 5.97 Å². The number of hydrogen-bond acceptors (Lipinski definition) is 4. The fourth-order valence-electron chi connectivity index (χ4n) is 3.72. The fourth-order valence-corrected chi connectivity index (χ4v) is 3.72. The first-order valence-corrected chi connectivity index (χ1v) is 13.8. The third-order valence-corrected chi connectivity index (χ3v) is 6.25. The van der Waals surface area contributed by atoms with Gasteiger partial charge in [0, 0.05) is 6.42 Å². The Labute approximate surface area is 206 Å². The molecule has 33 heavy (non-hydrogen) atoms. The minimum atomic E-state index is -0.933. The van der Waals surface area contributed by atoms with Crippen molar-refractivity contribution >= 4 is 5.97 Å². The third-order valence-electron chi connectivity index (χ3n) is 6.25. The van der Waals surface area contributed by atoms with Crippen molar-refractivity contribution in [2.45, 2.75) is 141 Å². The zero-order chi connectivity index (χ0) is 25.4. The summed E-state index contributed by atoms with van der Waals surface area (Å²) in [6, 6.07) is -0.716. The van der Waals surface area contributed by atoms with Crippen LogP contribution in [0.4, 0.5) is 0 Å². The number of aliphatic hydroxyl groups excluding tert-OH is 1. The van der Waals surface area contributed by atoms with E-state index in [0.717, 1.165) is 19.3 Å². The summed E-state index contributed by atoms with van der Waals surface area (Å²) in [5.41, 5.74) is 10.4. The maximum atomic E-state index is 10.1. The monoisotopic (exact) mass is 474 g/mol. The first-order valence-electron chi connectivity index (χ1n) is 13.8. The highest BCUT2D eigenvalue weighted by molar-refractivity contribution is 5.72. The number of rotatable bonds is 22. The molecule has 0 aromatic rings. The van der Waals surface area contributed by atoms with E-state index < -0.39 is 12.0 Å². The lowest BCUT2D eigenvalue weighted by molar-refractivity contribution is -0.919. The van der Waals surface area contributed by atoms with E-state index in [2.05, 4.69) is 28.1 Å². The van der Waals surface area contributed by atoms with E-state index >= 15 is 0 Å². The molecule has 0 aromatic heterocycles. The van der Waals surface area contributed by atoms with Gasteiger partial charge in [-0.05, 0) is 25.8 Å². The normalized spacial score (nSPS) is 13.3. The molecule has 0 aliphatic carbocycles. The van der Waals surface area contributed by atoms with Crippen molar-refractivity contribution in [3.05, 3.63) is 0 Å². The van der Waals surface area contributed by atoms with Gasteiger partial charge in [-0.15, -0.1) is 0 Å². The molecule has 0 spiro atoms. The summed E-state index contributed by atoms with van der Waals surface area (Å²) in [5, 5.41) is 18.3. The predicted octanol–water partition coefficient (Wildman–Crippen LogP) is 5.80. The van der Waals surface area contributed by atoms with Gasteiger partial charge in [0.15, 0.2) is 6.23 Å². The van der Waals surface area contributed by atoms with E-state index in [1.165, 1.54) is 96.3 Å². The van der Waals surface area contributed by atoms with Crippen LogP contribution in [-0.4, -0.2) is 60.6 Å². The van der Waals surface area contributed by atoms with Crippen molar-refractivity contribution in [1.82, 2.24) is 0 Å². The highest BCUT2D eigenvalue weighted by atomic mass is 16.4. The maximum absolute atomic E-state index is 10.1. The number of carboxylic acids is 1. The third kappa shape index (κ3) is 27.4. The van der Waals surface area contributed by atoms with E-state index in [0.29, 0.717) is 17.4 Å². The van der Waals surface area contributed by atoms with Crippen LogP contribution in [0.25, 0.3) is 0 Å². The lowest BCUT2D eigenvalue weighted by Crippen LogP contribution is -2.44. The molecule has 0 aliphatic heterocycles. The second-order valence-corrected chi connectivity index (χ2v) is 10.6. The topological polar surface area (TPSA) is 110 Å². The van der Waals surface area contributed by atoms with Crippen molar-refractivity contribution in [3.8, 4) is 0 Å². The van der Waals surface area contributed by atoms with Gasteiger partial charge < -0.3 is 26.2 Å². The SMILES string of the molecule is CCCCCCCCCCCCCCCCCC(O)[N+](C)(C)C.NCCCCC(N)C(=O)O. The van der Waals surface area contributed by atoms with E-state index in [9.17, 15) is 9.90 Å². The second-order valence-electron chi connectivity index (χ2n) is 10.6. The van der Waals surface area contributed by atoms with Gasteiger partial charge in [0.1, 0.15) is 6.04 Å². The fraction of sp³-hybridized carbons (Fsp3) is 0.963. The van der Waals surface area contributed by atoms with Crippen molar-refractivity contribution in [2.75, 3.05) is 27.7 Å². The van der Waals surface area contributed by atoms with E-state index in [1.807, 2.05) is 0 Å². The van der Waals surface area contributed by atoms with Gasteiger partial charge in [0.2, 0.25) is 0 Å². The molecule has 2 atom stereocenters. The van der Waals surface area contributed by atoms with Gasteiger partial charge in [-0.25, -0.2) is 0 Å². The molecule has 6 nitrogen and oxygen atoms in total. The highest BCUT2D eigenvalue weighted by Crippen LogP contribution is 2.15. The van der Waals surface area contributed by atoms with Gasteiger partial charge in [-0.2, -0.15) is 0 Å². The van der Waals surface area contributed by atoms with Crippen molar-refractivity contribution in [1.29, 1.82) is 0 Å². The van der Waals surface area contributed by atoms with Crippen LogP contribution in [0.3, 0.4) is 0 Å². The van der Waals surface area contributed by atoms with Crippen LogP contribution in [0.5, 0.6) is 0 Å². The van der Waals surface area contributed by atoms with Crippen LogP contribution in [-0.2, 0) is 4.79 Å². The lowest BCUT2D eigenvalue weighted by atomic mass is 10.0. The number of nitrogens with two attached hydrogens (primary N) is 2. The Morgan fingerprint density at radius 2 is 1.06 bits per heavy atom. The minimum absolute atomic E-state index is 0.197. The molecule has 6 heteroatoms. The Kier molecular flexibility index (Phi) is 25.5. The first kappa shape index (κ1) is 34.5. The van der Waals surface area contributed by atoms with Crippen LogP contribution >= 0.6 is 0 Å². The quantitative estimate of drug-likeness (QED) is 0.0900. The second kappa shape index (κ2) is 24.4. The zero-order valence-corrected chi connectivity index (χ0v) is 22.7. The molecule has 0 aliphatic rings. The average molecular weight is 475 g/mol. The smallest absolute Gasteiger partial charge is 0.320 e. The van der Waals surface area contributed by atoms with Crippen LogP contribution in [0.2, 0.25) is 0 Å². The number of carbonyl (C=O) groups is 1. The first-order chi connectivity index (χ1) is 15.7. The summed E-state index contributed by atoms with van der Waals surface area (Å²) in [6.07, 6.45) is 23.9. The number of nitrogens with zero attached hydrogens (tertiary/aromatic N) is 1. The molecule has 6 N–H and O–H groups in total.